The molecule has 0 fully saturated rings. The second-order valence-corrected chi connectivity index (χ2v) is 14.2. The molecule has 0 saturated carbocycles. The first-order chi connectivity index (χ1) is 16.8. The first kappa shape index (κ1) is 50.4. The smallest absolute Gasteiger partial charge is 0.137 e. The monoisotopic (exact) mass is 561 g/mol. The molecule has 0 bridgehead atoms. The van der Waals surface area contributed by atoms with E-state index in [0.717, 1.165) is 0 Å². The van der Waals surface area contributed by atoms with Crippen molar-refractivity contribution in [3.8, 4) is 0 Å². The fraction of sp³-hybridized carbons (Fsp3) is 0.879. The van der Waals surface area contributed by atoms with Gasteiger partial charge in [-0.1, -0.05) is 69.2 Å². The van der Waals surface area contributed by atoms with E-state index in [1.54, 1.807) is 7.11 Å². The molecule has 6 nitrogen and oxygen atoms in total. The average Bonchev–Trinajstić information content (AvgIpc) is 2.69. The number of methoxy groups -OCH3 is 1. The lowest BCUT2D eigenvalue weighted by molar-refractivity contribution is -0.126. The minimum atomic E-state index is -0.130. The topological polar surface area (TPSA) is 76.0 Å². The van der Waals surface area contributed by atoms with Crippen molar-refractivity contribution in [1.82, 2.24) is 4.90 Å². The van der Waals surface area contributed by atoms with E-state index in [-0.39, 0.29) is 28.0 Å². The van der Waals surface area contributed by atoms with E-state index in [2.05, 4.69) is 79.4 Å². The van der Waals surface area contributed by atoms with Crippen molar-refractivity contribution < 1.29 is 19.1 Å². The first-order valence-electron chi connectivity index (χ1n) is 14.0. The van der Waals surface area contributed by atoms with Crippen LogP contribution >= 0.6 is 0 Å². The Morgan fingerprint density at radius 1 is 0.718 bits per heavy atom. The molecule has 0 aromatic rings. The van der Waals surface area contributed by atoms with Gasteiger partial charge in [0.05, 0.1) is 5.60 Å². The van der Waals surface area contributed by atoms with E-state index in [0.29, 0.717) is 23.7 Å². The molecule has 39 heavy (non-hydrogen) atoms. The zero-order chi connectivity index (χ0) is 33.6. The Labute approximate surface area is 246 Å². The summed E-state index contributed by atoms with van der Waals surface area (Å²) >= 11 is 0. The highest BCUT2D eigenvalue weighted by atomic mass is 16.5. The fourth-order valence-electron chi connectivity index (χ4n) is 1.64. The second-order valence-electron chi connectivity index (χ2n) is 14.2. The van der Waals surface area contributed by atoms with Crippen LogP contribution < -0.4 is 0 Å². The zero-order valence-corrected chi connectivity index (χ0v) is 30.8. The number of ether oxygens (including phenoxy) is 1. The Hall–Kier alpha value is -1.40. The number of carbonyl (C=O) groups excluding carboxylic acids is 3. The number of hydrogen-bond acceptors (Lipinski definition) is 6. The SMILES string of the molecule is CC(C)=O.CC(C)=O.CC(N(C)C)C(C)(C)C.CCC(=O)C(C)(C)C.CN=C(C)C(C)(C)C.COC(C)(C)C. The molecule has 0 aliphatic heterocycles. The molecule has 6 heteroatoms. The molecule has 0 saturated heterocycles. The van der Waals surface area contributed by atoms with Gasteiger partial charge < -0.3 is 19.2 Å². The van der Waals surface area contributed by atoms with E-state index in [1.807, 2.05) is 55.5 Å². The molecular weight excluding hydrogens is 488 g/mol. The molecule has 0 aliphatic rings. The maximum atomic E-state index is 10.8. The lowest BCUT2D eigenvalue weighted by Crippen LogP contribution is -2.36. The van der Waals surface area contributed by atoms with Crippen LogP contribution in [0.5, 0.6) is 0 Å². The van der Waals surface area contributed by atoms with Gasteiger partial charge in [0.2, 0.25) is 0 Å². The summed E-state index contributed by atoms with van der Waals surface area (Å²) in [7, 11) is 7.78. The highest BCUT2D eigenvalue weighted by Crippen LogP contribution is 2.21. The molecule has 0 spiro atoms. The molecule has 0 aliphatic carbocycles. The number of ketones is 3. The van der Waals surface area contributed by atoms with E-state index < -0.39 is 0 Å². The van der Waals surface area contributed by atoms with Crippen LogP contribution in [0, 0.1) is 16.2 Å². The third kappa shape index (κ3) is 57.5. The largest absolute Gasteiger partial charge is 0.379 e. The standard InChI is InChI=1S/C8H19N.C7H15N.C7H14O.C5H12O.2C3H6O/c1-7(9(5)6)8(2,3)4;1-6(8-5)7(2,3)4;1-5-6(8)7(2,3)4;1-5(2,3)6-4;2*1-3(2)4/h7H,1-6H3;1-5H3;5H2,1-4H3;1-4H3;2*1-2H3. The van der Waals surface area contributed by atoms with Crippen molar-refractivity contribution in [1.29, 1.82) is 0 Å². The minimum absolute atomic E-state index is 0.0417. The summed E-state index contributed by atoms with van der Waals surface area (Å²) < 4.78 is 4.94. The van der Waals surface area contributed by atoms with Crippen molar-refractivity contribution in [2.75, 3.05) is 28.3 Å². The van der Waals surface area contributed by atoms with Gasteiger partial charge in [0, 0.05) is 37.7 Å². The summed E-state index contributed by atoms with van der Waals surface area (Å²) in [6.45, 7) is 37.5. The Morgan fingerprint density at radius 3 is 0.974 bits per heavy atom. The highest BCUT2D eigenvalue weighted by Gasteiger charge is 2.21. The second kappa shape index (κ2) is 24.4. The van der Waals surface area contributed by atoms with Gasteiger partial charge in [-0.3, -0.25) is 9.79 Å². The van der Waals surface area contributed by atoms with Crippen molar-refractivity contribution in [3.63, 3.8) is 0 Å². The van der Waals surface area contributed by atoms with Crippen LogP contribution in [0.2, 0.25) is 0 Å². The maximum absolute atomic E-state index is 10.8. The molecule has 0 heterocycles. The van der Waals surface area contributed by atoms with Gasteiger partial charge in [-0.05, 0) is 87.2 Å². The van der Waals surface area contributed by atoms with Crippen LogP contribution in [0.1, 0.15) is 138 Å². The summed E-state index contributed by atoms with van der Waals surface area (Å²) in [5, 5.41) is 0. The predicted octanol–water partition coefficient (Wildman–Crippen LogP) is 8.74. The molecule has 0 aromatic heterocycles. The zero-order valence-electron chi connectivity index (χ0n) is 30.8. The molecule has 0 aromatic carbocycles. The molecule has 0 amide bonds. The van der Waals surface area contributed by atoms with Crippen LogP contribution in [-0.2, 0) is 19.1 Å². The number of rotatable bonds is 2. The predicted molar refractivity (Wildman–Crippen MR) is 175 cm³/mol. The van der Waals surface area contributed by atoms with Gasteiger partial charge in [-0.2, -0.15) is 0 Å². The minimum Gasteiger partial charge on any atom is -0.379 e. The number of carbonyl (C=O) groups is 3. The van der Waals surface area contributed by atoms with Crippen LogP contribution in [0.4, 0.5) is 0 Å². The summed E-state index contributed by atoms with van der Waals surface area (Å²) in [5.41, 5.74) is 1.78. The van der Waals surface area contributed by atoms with Crippen molar-refractivity contribution >= 4 is 23.1 Å². The number of nitrogens with zero attached hydrogens (tertiary/aromatic N) is 2. The Morgan fingerprint density at radius 2 is 0.974 bits per heavy atom. The average molecular weight is 561 g/mol. The van der Waals surface area contributed by atoms with Gasteiger partial charge in [-0.25, -0.2) is 0 Å². The Bertz CT molecular complexity index is 631. The third-order valence-electron chi connectivity index (χ3n) is 5.22. The van der Waals surface area contributed by atoms with Gasteiger partial charge >= 0.3 is 0 Å². The van der Waals surface area contributed by atoms with Crippen LogP contribution in [0.15, 0.2) is 4.99 Å². The quantitative estimate of drug-likeness (QED) is 0.316. The van der Waals surface area contributed by atoms with Gasteiger partial charge in [-0.15, -0.1) is 0 Å². The molecule has 238 valence electrons. The van der Waals surface area contributed by atoms with E-state index in [4.69, 9.17) is 4.74 Å². The van der Waals surface area contributed by atoms with Crippen molar-refractivity contribution in [3.05, 3.63) is 0 Å². The molecule has 1 atom stereocenters. The summed E-state index contributed by atoms with van der Waals surface area (Å²) in [6, 6.07) is 0.650. The summed E-state index contributed by atoms with van der Waals surface area (Å²) in [6.07, 6.45) is 0.656. The van der Waals surface area contributed by atoms with E-state index in [9.17, 15) is 14.4 Å². The highest BCUT2D eigenvalue weighted by molar-refractivity contribution is 5.86. The van der Waals surface area contributed by atoms with E-state index >= 15 is 0 Å². The number of aliphatic imine (C=N–C) groups is 1. The van der Waals surface area contributed by atoms with Gasteiger partial charge in [0.1, 0.15) is 17.3 Å². The summed E-state index contributed by atoms with van der Waals surface area (Å²) in [4.78, 5) is 36.0. The Kier molecular flexibility index (Phi) is 31.6. The maximum Gasteiger partial charge on any atom is 0.137 e. The molecule has 0 radical (unpaired) electrons. The van der Waals surface area contributed by atoms with Crippen LogP contribution in [0.25, 0.3) is 0 Å². The van der Waals surface area contributed by atoms with Gasteiger partial charge in [0.15, 0.2) is 0 Å². The number of Topliss-reactive ketones (excluding diaryl/α,β-unsaturated/α-hetero) is 3. The van der Waals surface area contributed by atoms with Crippen LogP contribution in [-0.4, -0.2) is 67.9 Å². The lowest BCUT2D eigenvalue weighted by Gasteiger charge is -2.32. The first-order valence-corrected chi connectivity index (χ1v) is 14.0. The molecule has 0 N–H and O–H groups in total. The van der Waals surface area contributed by atoms with Crippen LogP contribution in [0.3, 0.4) is 0 Å². The molecule has 0 rings (SSSR count). The number of hydrogen-bond donors (Lipinski definition) is 0. The normalized spacial score (nSPS) is 12.3. The van der Waals surface area contributed by atoms with Crippen molar-refractivity contribution in [2.24, 2.45) is 21.2 Å². The summed E-state index contributed by atoms with van der Waals surface area (Å²) in [5.74, 6) is 0.664. The molecule has 1 unspecified atom stereocenters. The van der Waals surface area contributed by atoms with Crippen molar-refractivity contribution in [2.45, 2.75) is 150 Å². The fourth-order valence-corrected chi connectivity index (χ4v) is 1.64. The molecular formula is C33H72N2O4. The van der Waals surface area contributed by atoms with Gasteiger partial charge in [0.25, 0.3) is 0 Å². The third-order valence-corrected chi connectivity index (χ3v) is 5.22. The van der Waals surface area contributed by atoms with E-state index in [1.165, 1.54) is 33.4 Å². The Balaban J connectivity index is -0.0000000859. The lowest BCUT2D eigenvalue weighted by atomic mass is 9.87.